The van der Waals surface area contributed by atoms with Crippen LogP contribution in [0.1, 0.15) is 37.8 Å². The average molecular weight is 494 g/mol. The van der Waals surface area contributed by atoms with Gasteiger partial charge in [-0.2, -0.15) is 4.31 Å². The minimum Gasteiger partial charge on any atom is -0.354 e. The SMILES string of the molecule is CCCCNC(=O)[C@@H](C)N(Cc1ccc(Cl)cc1)C(=O)CN(Cc1ccccc1)S(C)(=O)=O. The lowest BCUT2D eigenvalue weighted by molar-refractivity contribution is -0.140. The number of benzene rings is 2. The highest BCUT2D eigenvalue weighted by Crippen LogP contribution is 2.16. The van der Waals surface area contributed by atoms with Crippen LogP contribution in [0.15, 0.2) is 54.6 Å². The largest absolute Gasteiger partial charge is 0.354 e. The van der Waals surface area contributed by atoms with Gasteiger partial charge in [0.2, 0.25) is 21.8 Å². The molecule has 0 aliphatic heterocycles. The van der Waals surface area contributed by atoms with E-state index in [1.807, 2.05) is 25.1 Å². The normalized spacial score (nSPS) is 12.4. The molecule has 0 saturated carbocycles. The number of halogens is 1. The molecular formula is C24H32ClN3O4S. The molecule has 0 aromatic heterocycles. The number of nitrogens with zero attached hydrogens (tertiary/aromatic N) is 2. The van der Waals surface area contributed by atoms with Gasteiger partial charge in [0.1, 0.15) is 6.04 Å². The Balaban J connectivity index is 2.25. The highest BCUT2D eigenvalue weighted by molar-refractivity contribution is 7.88. The van der Waals surface area contributed by atoms with Crippen molar-refractivity contribution in [3.63, 3.8) is 0 Å². The molecule has 180 valence electrons. The molecular weight excluding hydrogens is 462 g/mol. The second-order valence-electron chi connectivity index (χ2n) is 7.99. The van der Waals surface area contributed by atoms with Crippen molar-refractivity contribution in [1.82, 2.24) is 14.5 Å². The maximum Gasteiger partial charge on any atom is 0.242 e. The molecule has 2 aromatic carbocycles. The zero-order valence-corrected chi connectivity index (χ0v) is 20.9. The lowest BCUT2D eigenvalue weighted by atomic mass is 10.1. The molecule has 2 amide bonds. The first-order valence-corrected chi connectivity index (χ1v) is 13.1. The number of sulfonamides is 1. The molecule has 0 fully saturated rings. The fraction of sp³-hybridized carbons (Fsp3) is 0.417. The summed E-state index contributed by atoms with van der Waals surface area (Å²) < 4.78 is 26.0. The maximum absolute atomic E-state index is 13.4. The van der Waals surface area contributed by atoms with E-state index in [0.717, 1.165) is 34.5 Å². The van der Waals surface area contributed by atoms with E-state index in [9.17, 15) is 18.0 Å². The Morgan fingerprint density at radius 2 is 1.61 bits per heavy atom. The predicted octanol–water partition coefficient (Wildman–Crippen LogP) is 3.44. The fourth-order valence-electron chi connectivity index (χ4n) is 3.22. The van der Waals surface area contributed by atoms with Crippen molar-refractivity contribution in [2.24, 2.45) is 0 Å². The van der Waals surface area contributed by atoms with Gasteiger partial charge in [-0.05, 0) is 36.6 Å². The molecule has 0 heterocycles. The lowest BCUT2D eigenvalue weighted by Crippen LogP contribution is -2.51. The predicted molar refractivity (Wildman–Crippen MR) is 131 cm³/mol. The third kappa shape index (κ3) is 8.79. The van der Waals surface area contributed by atoms with E-state index in [4.69, 9.17) is 11.6 Å². The summed E-state index contributed by atoms with van der Waals surface area (Å²) >= 11 is 5.97. The molecule has 0 spiro atoms. The molecule has 7 nitrogen and oxygen atoms in total. The number of amides is 2. The van der Waals surface area contributed by atoms with Crippen LogP contribution in [0.5, 0.6) is 0 Å². The number of hydrogen-bond donors (Lipinski definition) is 1. The van der Waals surface area contributed by atoms with Crippen LogP contribution in [-0.4, -0.2) is 54.8 Å². The average Bonchev–Trinajstić information content (AvgIpc) is 2.78. The van der Waals surface area contributed by atoms with Crippen molar-refractivity contribution >= 4 is 33.4 Å². The maximum atomic E-state index is 13.4. The monoisotopic (exact) mass is 493 g/mol. The molecule has 0 saturated heterocycles. The Labute approximate surface area is 201 Å². The third-order valence-corrected chi connectivity index (χ3v) is 6.69. The summed E-state index contributed by atoms with van der Waals surface area (Å²) in [5, 5.41) is 3.41. The molecule has 0 unspecified atom stereocenters. The van der Waals surface area contributed by atoms with Crippen LogP contribution in [0.2, 0.25) is 5.02 Å². The first-order chi connectivity index (χ1) is 15.6. The zero-order valence-electron chi connectivity index (χ0n) is 19.3. The van der Waals surface area contributed by atoms with Gasteiger partial charge in [-0.3, -0.25) is 9.59 Å². The van der Waals surface area contributed by atoms with Crippen LogP contribution < -0.4 is 5.32 Å². The molecule has 0 radical (unpaired) electrons. The Hall–Kier alpha value is -2.42. The standard InChI is InChI=1S/C24H32ClN3O4S/c1-4-5-15-26-24(30)19(2)28(17-21-11-13-22(25)14-12-21)23(29)18-27(33(3,31)32)16-20-9-7-6-8-10-20/h6-14,19H,4-5,15-18H2,1-3H3,(H,26,30)/t19-/m1/s1. The van der Waals surface area contributed by atoms with E-state index in [1.54, 1.807) is 43.3 Å². The van der Waals surface area contributed by atoms with Gasteiger partial charge in [0, 0.05) is 24.7 Å². The number of unbranched alkanes of at least 4 members (excludes halogenated alkanes) is 1. The number of rotatable bonds is 12. The van der Waals surface area contributed by atoms with Gasteiger partial charge in [0.05, 0.1) is 12.8 Å². The molecule has 9 heteroatoms. The van der Waals surface area contributed by atoms with Gasteiger partial charge >= 0.3 is 0 Å². The van der Waals surface area contributed by atoms with Gasteiger partial charge in [0.15, 0.2) is 0 Å². The topological polar surface area (TPSA) is 86.8 Å². The molecule has 0 aliphatic carbocycles. The molecule has 1 N–H and O–H groups in total. The van der Waals surface area contributed by atoms with Crippen LogP contribution in [0, 0.1) is 0 Å². The van der Waals surface area contributed by atoms with E-state index in [2.05, 4.69) is 5.32 Å². The van der Waals surface area contributed by atoms with Crippen LogP contribution >= 0.6 is 11.6 Å². The Morgan fingerprint density at radius 1 is 1.00 bits per heavy atom. The van der Waals surface area contributed by atoms with E-state index < -0.39 is 22.0 Å². The second-order valence-corrected chi connectivity index (χ2v) is 10.4. The Bertz CT molecular complexity index is 1010. The van der Waals surface area contributed by atoms with Crippen molar-refractivity contribution in [3.05, 3.63) is 70.7 Å². The van der Waals surface area contributed by atoms with Crippen LogP contribution in [0.4, 0.5) is 0 Å². The first-order valence-electron chi connectivity index (χ1n) is 10.9. The summed E-state index contributed by atoms with van der Waals surface area (Å²) in [6.45, 7) is 4.05. The summed E-state index contributed by atoms with van der Waals surface area (Å²) in [5.74, 6) is -0.732. The van der Waals surface area contributed by atoms with Crippen LogP contribution in [-0.2, 0) is 32.7 Å². The quantitative estimate of drug-likeness (QED) is 0.459. The second kappa shape index (κ2) is 12.7. The minimum absolute atomic E-state index is 0.0667. The van der Waals surface area contributed by atoms with E-state index >= 15 is 0 Å². The van der Waals surface area contributed by atoms with Gasteiger partial charge < -0.3 is 10.2 Å². The van der Waals surface area contributed by atoms with Crippen LogP contribution in [0.3, 0.4) is 0 Å². The molecule has 2 rings (SSSR count). The molecule has 0 aliphatic rings. The number of carbonyl (C=O) groups excluding carboxylic acids is 2. The van der Waals surface area contributed by atoms with Gasteiger partial charge in [-0.1, -0.05) is 67.4 Å². The van der Waals surface area contributed by atoms with Gasteiger partial charge in [-0.15, -0.1) is 0 Å². The Morgan fingerprint density at radius 3 is 2.18 bits per heavy atom. The highest BCUT2D eigenvalue weighted by atomic mass is 35.5. The molecule has 1 atom stereocenters. The number of hydrogen-bond acceptors (Lipinski definition) is 4. The van der Waals surface area contributed by atoms with Crippen molar-refractivity contribution in [3.8, 4) is 0 Å². The summed E-state index contributed by atoms with van der Waals surface area (Å²) in [5.41, 5.74) is 1.56. The zero-order chi connectivity index (χ0) is 24.4. The molecule has 0 bridgehead atoms. The van der Waals surface area contributed by atoms with E-state index in [1.165, 1.54) is 4.90 Å². The summed E-state index contributed by atoms with van der Waals surface area (Å²) in [4.78, 5) is 27.5. The van der Waals surface area contributed by atoms with Crippen LogP contribution in [0.25, 0.3) is 0 Å². The van der Waals surface area contributed by atoms with Gasteiger partial charge in [-0.25, -0.2) is 8.42 Å². The lowest BCUT2D eigenvalue weighted by Gasteiger charge is -2.31. The smallest absolute Gasteiger partial charge is 0.242 e. The number of nitrogens with one attached hydrogen (secondary N) is 1. The number of carbonyl (C=O) groups is 2. The highest BCUT2D eigenvalue weighted by Gasteiger charge is 2.29. The van der Waals surface area contributed by atoms with Crippen molar-refractivity contribution < 1.29 is 18.0 Å². The summed E-state index contributed by atoms with van der Waals surface area (Å²) in [7, 11) is -3.67. The van der Waals surface area contributed by atoms with Gasteiger partial charge in [0.25, 0.3) is 0 Å². The first kappa shape index (κ1) is 26.8. The third-order valence-electron chi connectivity index (χ3n) is 5.25. The molecule has 33 heavy (non-hydrogen) atoms. The Kier molecular flexibility index (Phi) is 10.3. The summed E-state index contributed by atoms with van der Waals surface area (Å²) in [6, 6.07) is 15.3. The molecule has 2 aromatic rings. The summed E-state index contributed by atoms with van der Waals surface area (Å²) in [6.07, 6.45) is 2.85. The van der Waals surface area contributed by atoms with Crippen molar-refractivity contribution in [1.29, 1.82) is 0 Å². The van der Waals surface area contributed by atoms with E-state index in [-0.39, 0.29) is 25.5 Å². The van der Waals surface area contributed by atoms with Crippen molar-refractivity contribution in [2.45, 2.75) is 45.8 Å². The van der Waals surface area contributed by atoms with Crippen molar-refractivity contribution in [2.75, 3.05) is 19.3 Å². The fourth-order valence-corrected chi connectivity index (χ4v) is 4.08. The minimum atomic E-state index is -3.67. The van der Waals surface area contributed by atoms with E-state index in [0.29, 0.717) is 11.6 Å².